The highest BCUT2D eigenvalue weighted by Crippen LogP contribution is 2.66. The largest absolute Gasteiger partial charge is 0.481 e. The van der Waals surface area contributed by atoms with E-state index in [1.807, 2.05) is 24.3 Å². The average molecular weight is 1970 g/mol. The van der Waals surface area contributed by atoms with Crippen LogP contribution in [0.5, 0.6) is 11.5 Å². The lowest BCUT2D eigenvalue weighted by Crippen LogP contribution is -2.76. The van der Waals surface area contributed by atoms with Crippen LogP contribution in [-0.2, 0) is 94.4 Å². The number of halogens is 1. The molecule has 2 aromatic carbocycles. The lowest BCUT2D eigenvalue weighted by atomic mass is 9.49. The number of Topliss-reactive ketones (excluding diaryl/α,β-unsaturated/α-hetero) is 1. The highest BCUT2D eigenvalue weighted by atomic mass is 35.5. The molecule has 2 aromatic rings. The SMILES string of the molecule is CCCCCCCC/C=C/CCCCCCCC(=O)O.CCCCCCCC/C=C/CCCCCCCC(=O)ON1C(=O)CCC1=O.CCCCCCCC/C=C/CCCCCCCC(=O)ON1C(=O)CCC1=O.CCCCCCCC/C=C\CCCCCCCC(=O)OC1=CC[C@@]2(O)[C@H]3Cc4ccc(CO)c5c4[C@@]2(CCN3C)[C@H]1O5.CN1CC[C@]23c4c5ccc(CO)c4O[C@H]2C(=O)CC[C@@]3(O)[C@H]1C5.Cl. The predicted molar refractivity (Wildman–Crippen MR) is 556 cm³/mol. The van der Waals surface area contributed by atoms with Crippen molar-refractivity contribution in [2.24, 2.45) is 0 Å². The molecule has 10 aliphatic rings. The van der Waals surface area contributed by atoms with Crippen molar-refractivity contribution in [3.8, 4) is 11.5 Å². The molecule has 0 unspecified atom stereocenters. The zero-order valence-electron chi connectivity index (χ0n) is 87.2. The van der Waals surface area contributed by atoms with Crippen LogP contribution < -0.4 is 9.47 Å². The van der Waals surface area contributed by atoms with Gasteiger partial charge in [-0.1, -0.05) is 306 Å². The lowest BCUT2D eigenvalue weighted by molar-refractivity contribution is -0.197. The Balaban J connectivity index is 0.000000244. The van der Waals surface area contributed by atoms with Gasteiger partial charge in [-0.25, -0.2) is 9.59 Å². The van der Waals surface area contributed by atoms with Crippen molar-refractivity contribution < 1.29 is 92.6 Å². The fourth-order valence-corrected chi connectivity index (χ4v) is 22.5. The van der Waals surface area contributed by atoms with E-state index in [4.69, 9.17) is 29.0 Å². The summed E-state index contributed by atoms with van der Waals surface area (Å²) in [5.41, 5.74) is 2.61. The van der Waals surface area contributed by atoms with Crippen LogP contribution in [0, 0.1) is 0 Å². The van der Waals surface area contributed by atoms with Gasteiger partial charge in [0.15, 0.2) is 18.0 Å². The first-order valence-electron chi connectivity index (χ1n) is 55.6. The topological polar surface area (TPSA) is 314 Å². The quantitative estimate of drug-likeness (QED) is 0.0178. The molecule has 23 nitrogen and oxygen atoms in total. The number of allylic oxidation sites excluding steroid dienone is 8. The second kappa shape index (κ2) is 66.6. The van der Waals surface area contributed by atoms with E-state index in [-0.39, 0.29) is 88.0 Å². The summed E-state index contributed by atoms with van der Waals surface area (Å²) >= 11 is 0. The molecule has 24 heteroatoms. The van der Waals surface area contributed by atoms with Gasteiger partial charge in [-0.3, -0.25) is 33.6 Å². The van der Waals surface area contributed by atoms with Crippen molar-refractivity contribution in [1.82, 2.24) is 19.9 Å². The van der Waals surface area contributed by atoms with Crippen molar-refractivity contribution >= 4 is 65.7 Å². The number of piperidine rings is 2. The molecule has 140 heavy (non-hydrogen) atoms. The number of benzene rings is 2. The molecule has 788 valence electrons. The van der Waals surface area contributed by atoms with Crippen LogP contribution in [0.15, 0.2) is 84.7 Å². The summed E-state index contributed by atoms with van der Waals surface area (Å²) in [4.78, 5) is 119. The molecule has 6 heterocycles. The average Bonchev–Trinajstić information content (AvgIpc) is 1.48. The van der Waals surface area contributed by atoms with Crippen LogP contribution in [0.3, 0.4) is 0 Å². The number of esters is 1. The zero-order valence-corrected chi connectivity index (χ0v) is 88.0. The number of aliphatic hydroxyl groups is 4. The second-order valence-corrected chi connectivity index (χ2v) is 41.3. The Morgan fingerprint density at radius 1 is 0.379 bits per heavy atom. The Hall–Kier alpha value is -7.38. The zero-order chi connectivity index (χ0) is 99.9. The number of rotatable bonds is 65. The first-order valence-corrected chi connectivity index (χ1v) is 55.6. The number of hydrogen-bond acceptors (Lipinski definition) is 20. The van der Waals surface area contributed by atoms with Gasteiger partial charge in [-0.05, 0) is 205 Å². The number of carbonyl (C=O) groups excluding carboxylic acids is 8. The number of ether oxygens (including phenoxy) is 3. The molecule has 0 radical (unpaired) electrons. The number of unbranched alkanes of at least 4 members (excludes halogenated alkanes) is 44. The summed E-state index contributed by atoms with van der Waals surface area (Å²) in [5, 5.41) is 53.5. The van der Waals surface area contributed by atoms with E-state index in [1.54, 1.807) is 0 Å². The summed E-state index contributed by atoms with van der Waals surface area (Å²) in [6.07, 6.45) is 88.7. The number of aliphatic carboxylic acids is 1. The third kappa shape index (κ3) is 36.1. The standard InChI is InChI=1S/C36H53NO5.2C22H37NO4.C18H21NO4.C18H34O2.ClH/c1-3-4-5-6-7-8-9-10-11-12-13-14-15-16-17-18-31(39)41-29-21-22-36(40)30-25-27-19-20-28(26-38)33-32(27)35(36,34(29)42-33)23-24-37(30)2;2*1-2-3-4-5-6-7-8-9-10-11-12-13-14-15-16-17-22(26)27-23-20(24)18-19-21(23)25;1-19-7-6-17-14-10-2-3-11(9-20)15(14)23-16(17)12(21)4-5-18(17,22)13(19)8-10;1-2-3-4-5-6-7-8-9-10-11-12-13-14-15-16-17-18(19)20;/h10-11,19-21,30,34,38,40H,3-9,12-18,22-26H2,1-2H3;2*9-10H,2-8,11-19H2,1H3;2-3,13,16,20,22H,4-9H2,1H3;9-10H,2-8,11-17H2,1H3,(H,19,20);1H/b11-10-;2*10-9+;;10-9+;/t30-,34+,35+,36-;;;13-,16+,17+,18-;;/m1..1../s1. The molecule has 5 N–H and O–H groups in total. The lowest BCUT2D eigenvalue weighted by Gasteiger charge is -2.62. The fraction of sp³-hybridized carbons (Fsp3) is 0.733. The number of likely N-dealkylation sites (N-methyl/N-ethyl adjacent to an activating group) is 2. The van der Waals surface area contributed by atoms with Gasteiger partial charge in [0.2, 0.25) is 0 Å². The molecule has 4 saturated heterocycles. The number of amides is 4. The number of aliphatic hydroxyl groups excluding tert-OH is 2. The van der Waals surface area contributed by atoms with Gasteiger partial charge >= 0.3 is 23.9 Å². The van der Waals surface area contributed by atoms with Crippen molar-refractivity contribution in [3.05, 3.63) is 118 Å². The van der Waals surface area contributed by atoms with Gasteiger partial charge in [0.1, 0.15) is 17.3 Å². The minimum absolute atomic E-state index is 0. The molecule has 12 rings (SSSR count). The summed E-state index contributed by atoms with van der Waals surface area (Å²) < 4.78 is 18.7. The molecule has 4 bridgehead atoms. The van der Waals surface area contributed by atoms with Gasteiger partial charge in [0.25, 0.3) is 23.6 Å². The molecule has 8 atom stereocenters. The van der Waals surface area contributed by atoms with E-state index in [0.717, 1.165) is 156 Å². The van der Waals surface area contributed by atoms with Gasteiger partial charge in [-0.15, -0.1) is 22.5 Å². The molecular weight excluding hydrogens is 1790 g/mol. The predicted octanol–water partition coefficient (Wildman–Crippen LogP) is 25.4. The Kier molecular flexibility index (Phi) is 56.9. The highest BCUT2D eigenvalue weighted by molar-refractivity contribution is 6.02. The van der Waals surface area contributed by atoms with Crippen molar-refractivity contribution in [2.45, 2.75) is 517 Å². The Morgan fingerprint density at radius 2 is 0.671 bits per heavy atom. The number of hydroxylamine groups is 4. The molecule has 2 spiro atoms. The number of nitrogens with zero attached hydrogens (tertiary/aromatic N) is 4. The third-order valence-electron chi connectivity index (χ3n) is 30.6. The molecule has 4 aliphatic carbocycles. The number of ketones is 1. The Morgan fingerprint density at radius 3 is 1.00 bits per heavy atom. The molecule has 1 saturated carbocycles. The van der Waals surface area contributed by atoms with Crippen LogP contribution in [0.25, 0.3) is 0 Å². The van der Waals surface area contributed by atoms with Gasteiger partial charge in [-0.2, -0.15) is 0 Å². The second-order valence-electron chi connectivity index (χ2n) is 41.3. The maximum atomic E-state index is 13.0. The number of carboxylic acids is 1. The van der Waals surface area contributed by atoms with Gasteiger partial charge in [0.05, 0.1) is 35.2 Å². The van der Waals surface area contributed by atoms with E-state index >= 15 is 0 Å². The van der Waals surface area contributed by atoms with Gasteiger partial charge < -0.3 is 59.2 Å². The van der Waals surface area contributed by atoms with Crippen LogP contribution in [-0.4, -0.2) is 161 Å². The third-order valence-corrected chi connectivity index (χ3v) is 30.6. The molecular formula is C116H183ClN4O19. The maximum absolute atomic E-state index is 13.0. The van der Waals surface area contributed by atoms with Crippen molar-refractivity contribution in [2.75, 3.05) is 27.2 Å². The number of carboxylic acid groups (broad SMARTS) is 1. The minimum atomic E-state index is -1.00. The first kappa shape index (κ1) is 120. The monoisotopic (exact) mass is 1970 g/mol. The molecule has 6 aliphatic heterocycles. The van der Waals surface area contributed by atoms with E-state index in [0.29, 0.717) is 59.5 Å². The fourth-order valence-electron chi connectivity index (χ4n) is 22.5. The van der Waals surface area contributed by atoms with E-state index in [2.05, 4.69) is 106 Å². The Labute approximate surface area is 847 Å². The number of likely N-dealkylation sites (tertiary alicyclic amines) is 2. The van der Waals surface area contributed by atoms with Crippen molar-refractivity contribution in [1.29, 1.82) is 0 Å². The first-order chi connectivity index (χ1) is 67.5. The van der Waals surface area contributed by atoms with Crippen LogP contribution in [0.4, 0.5) is 0 Å². The van der Waals surface area contributed by atoms with E-state index < -0.39 is 75.8 Å². The Bertz CT molecular complexity index is 4100. The van der Waals surface area contributed by atoms with Gasteiger partial charge in [0, 0.05) is 98.5 Å². The smallest absolute Gasteiger partial charge is 0.333 e. The summed E-state index contributed by atoms with van der Waals surface area (Å²) in [7, 11) is 4.15. The molecule has 4 amide bonds. The van der Waals surface area contributed by atoms with Crippen LogP contribution >= 0.6 is 12.4 Å². The van der Waals surface area contributed by atoms with E-state index in [1.165, 1.54) is 250 Å². The number of imide groups is 2. The molecule has 0 aromatic heterocycles. The highest BCUT2D eigenvalue weighted by Gasteiger charge is 2.74. The normalized spacial score (nSPS) is 22.2. The molecule has 5 fully saturated rings. The van der Waals surface area contributed by atoms with Crippen molar-refractivity contribution in [3.63, 3.8) is 0 Å². The van der Waals surface area contributed by atoms with Crippen LogP contribution in [0.2, 0.25) is 0 Å². The minimum Gasteiger partial charge on any atom is -0.481 e. The van der Waals surface area contributed by atoms with Crippen LogP contribution in [0.1, 0.15) is 478 Å². The van der Waals surface area contributed by atoms with E-state index in [9.17, 15) is 63.6 Å². The number of carbonyl (C=O) groups is 9. The summed E-state index contributed by atoms with van der Waals surface area (Å²) in [6.45, 7) is 10.5. The summed E-state index contributed by atoms with van der Waals surface area (Å²) in [5.74, 6) is -1.57. The maximum Gasteiger partial charge on any atom is 0.333 e. The summed E-state index contributed by atoms with van der Waals surface area (Å²) in [6, 6.07) is 7.95. The number of hydrogen-bond donors (Lipinski definition) is 5.